The summed E-state index contributed by atoms with van der Waals surface area (Å²) < 4.78 is 9.25. The Hall–Kier alpha value is -3.63. The van der Waals surface area contributed by atoms with Gasteiger partial charge in [-0.05, 0) is 66.3 Å². The molecule has 1 aromatic heterocycles. The lowest BCUT2D eigenvalue weighted by Gasteiger charge is -2.33. The second-order valence-corrected chi connectivity index (χ2v) is 10.0. The molecule has 2 aromatic carbocycles. The quantitative estimate of drug-likeness (QED) is 0.388. The minimum Gasteiger partial charge on any atom is -0.497 e. The number of rotatable bonds is 8. The average Bonchev–Trinajstić information content (AvgIpc) is 3.29. The van der Waals surface area contributed by atoms with Crippen molar-refractivity contribution >= 4 is 52.2 Å². The lowest BCUT2D eigenvalue weighted by molar-refractivity contribution is -0.123. The number of halogens is 1. The fourth-order valence-electron chi connectivity index (χ4n) is 4.45. The van der Waals surface area contributed by atoms with E-state index in [9.17, 15) is 14.4 Å². The van der Waals surface area contributed by atoms with Crippen molar-refractivity contribution in [1.82, 2.24) is 9.69 Å². The number of carbonyl (C=O) groups is 3. The van der Waals surface area contributed by atoms with Gasteiger partial charge in [-0.25, -0.2) is 0 Å². The molecular weight excluding hydrogens is 514 g/mol. The van der Waals surface area contributed by atoms with Gasteiger partial charge in [0.15, 0.2) is 5.69 Å². The highest BCUT2D eigenvalue weighted by atomic mass is 35.5. The highest BCUT2D eigenvalue weighted by Crippen LogP contribution is 2.34. The molecule has 1 heterocycles. The van der Waals surface area contributed by atoms with E-state index in [1.807, 2.05) is 0 Å². The van der Waals surface area contributed by atoms with Crippen molar-refractivity contribution in [1.29, 1.82) is 0 Å². The van der Waals surface area contributed by atoms with Gasteiger partial charge in [0, 0.05) is 16.8 Å². The van der Waals surface area contributed by atoms with Crippen LogP contribution in [0, 0.1) is 0 Å². The summed E-state index contributed by atoms with van der Waals surface area (Å²) in [6, 6.07) is 12.5. The number of benzene rings is 2. The Morgan fingerprint density at radius 2 is 1.73 bits per heavy atom. The van der Waals surface area contributed by atoms with Gasteiger partial charge in [-0.3, -0.25) is 19.3 Å². The summed E-state index contributed by atoms with van der Waals surface area (Å²) in [6.45, 7) is 0. The summed E-state index contributed by atoms with van der Waals surface area (Å²) in [4.78, 5) is 41.1. The van der Waals surface area contributed by atoms with Crippen LogP contribution >= 0.6 is 23.1 Å². The maximum absolute atomic E-state index is 14.1. The normalized spacial score (nSPS) is 14.5. The van der Waals surface area contributed by atoms with Gasteiger partial charge in [-0.2, -0.15) is 4.37 Å². The number of methoxy groups -OCH3 is 1. The number of nitrogens with one attached hydrogen (secondary N) is 1. The van der Waals surface area contributed by atoms with Crippen molar-refractivity contribution in [2.45, 2.75) is 44.2 Å². The number of nitrogen functional groups attached to an aromatic ring is 1. The van der Waals surface area contributed by atoms with E-state index in [1.165, 1.54) is 12.0 Å². The highest BCUT2D eigenvalue weighted by Gasteiger charge is 2.37. The molecule has 1 atom stereocenters. The van der Waals surface area contributed by atoms with E-state index >= 15 is 0 Å². The van der Waals surface area contributed by atoms with E-state index in [1.54, 1.807) is 48.5 Å². The van der Waals surface area contributed by atoms with Crippen LogP contribution in [0.2, 0.25) is 5.02 Å². The molecule has 1 saturated carbocycles. The third kappa shape index (κ3) is 5.86. The molecule has 0 aliphatic heterocycles. The third-order valence-electron chi connectivity index (χ3n) is 6.37. The lowest BCUT2D eigenvalue weighted by Crippen LogP contribution is -2.47. The van der Waals surface area contributed by atoms with Gasteiger partial charge < -0.3 is 21.5 Å². The average molecular weight is 542 g/mol. The Bertz CT molecular complexity index is 1270. The van der Waals surface area contributed by atoms with Gasteiger partial charge in [0.05, 0.1) is 12.8 Å². The van der Waals surface area contributed by atoms with Gasteiger partial charge in [-0.1, -0.05) is 43.0 Å². The maximum atomic E-state index is 14.1. The van der Waals surface area contributed by atoms with Crippen molar-refractivity contribution < 1.29 is 19.1 Å². The minimum atomic E-state index is -1.06. The van der Waals surface area contributed by atoms with Crippen LogP contribution < -0.4 is 26.4 Å². The van der Waals surface area contributed by atoms with Crippen molar-refractivity contribution in [2.75, 3.05) is 17.7 Å². The van der Waals surface area contributed by atoms with Gasteiger partial charge in [-0.15, -0.1) is 0 Å². The number of nitrogens with zero attached hydrogens (tertiary/aromatic N) is 2. The van der Waals surface area contributed by atoms with E-state index in [4.69, 9.17) is 27.8 Å². The van der Waals surface area contributed by atoms with Crippen molar-refractivity contribution in [3.05, 3.63) is 69.7 Å². The molecule has 9 nitrogen and oxygen atoms in total. The molecule has 0 saturated heterocycles. The van der Waals surface area contributed by atoms with Crippen LogP contribution in [0.25, 0.3) is 0 Å². The molecule has 0 radical (unpaired) electrons. The number of anilines is 2. The summed E-state index contributed by atoms with van der Waals surface area (Å²) in [5, 5.41) is 3.64. The van der Waals surface area contributed by atoms with E-state index in [2.05, 4.69) is 9.69 Å². The Kier molecular flexibility index (Phi) is 8.30. The summed E-state index contributed by atoms with van der Waals surface area (Å²) in [6.07, 6.45) is 4.95. The zero-order valence-corrected chi connectivity index (χ0v) is 21.8. The first kappa shape index (κ1) is 26.4. The summed E-state index contributed by atoms with van der Waals surface area (Å²) >= 11 is 6.89. The molecular formula is C26H28ClN5O4S. The van der Waals surface area contributed by atoms with Crippen LogP contribution in [0.4, 0.5) is 11.4 Å². The summed E-state index contributed by atoms with van der Waals surface area (Å²) in [5.41, 5.74) is 12.2. The van der Waals surface area contributed by atoms with Crippen LogP contribution in [0.15, 0.2) is 48.5 Å². The number of amides is 3. The van der Waals surface area contributed by atoms with Gasteiger partial charge >= 0.3 is 0 Å². The van der Waals surface area contributed by atoms with Crippen molar-refractivity contribution in [2.24, 2.45) is 5.73 Å². The molecule has 11 heteroatoms. The predicted molar refractivity (Wildman–Crippen MR) is 144 cm³/mol. The fourth-order valence-corrected chi connectivity index (χ4v) is 5.32. The molecule has 1 fully saturated rings. The first-order chi connectivity index (χ1) is 17.8. The minimum absolute atomic E-state index is 0.00838. The zero-order chi connectivity index (χ0) is 26.5. The van der Waals surface area contributed by atoms with Gasteiger partial charge in [0.2, 0.25) is 5.91 Å². The monoisotopic (exact) mass is 541 g/mol. The fraction of sp³-hybridized carbons (Fsp3) is 0.308. The smallest absolute Gasteiger partial charge is 0.273 e. The van der Waals surface area contributed by atoms with Crippen LogP contribution in [-0.2, 0) is 4.79 Å². The van der Waals surface area contributed by atoms with Gasteiger partial charge in [0.1, 0.15) is 16.7 Å². The molecule has 1 aliphatic carbocycles. The Morgan fingerprint density at radius 1 is 1.08 bits per heavy atom. The number of primary amides is 1. The molecule has 37 heavy (non-hydrogen) atoms. The van der Waals surface area contributed by atoms with Crippen LogP contribution in [0.3, 0.4) is 0 Å². The Balaban J connectivity index is 1.83. The van der Waals surface area contributed by atoms with E-state index < -0.39 is 17.9 Å². The summed E-state index contributed by atoms with van der Waals surface area (Å²) in [5.74, 6) is -1.18. The molecule has 0 spiro atoms. The Morgan fingerprint density at radius 3 is 2.30 bits per heavy atom. The summed E-state index contributed by atoms with van der Waals surface area (Å²) in [7, 11) is 1.54. The van der Waals surface area contributed by atoms with Crippen LogP contribution in [-0.4, -0.2) is 35.2 Å². The maximum Gasteiger partial charge on any atom is 0.273 e. The van der Waals surface area contributed by atoms with Crippen LogP contribution in [0.5, 0.6) is 5.75 Å². The second kappa shape index (κ2) is 11.6. The second-order valence-electron chi connectivity index (χ2n) is 8.81. The highest BCUT2D eigenvalue weighted by molar-refractivity contribution is 7.09. The van der Waals surface area contributed by atoms with Crippen molar-refractivity contribution in [3.8, 4) is 5.75 Å². The molecule has 3 amide bonds. The third-order valence-corrected chi connectivity index (χ3v) is 7.47. The number of hydrogen-bond acceptors (Lipinski definition) is 7. The number of carbonyl (C=O) groups excluding carboxylic acids is 3. The van der Waals surface area contributed by atoms with Gasteiger partial charge in [0.25, 0.3) is 11.8 Å². The molecule has 194 valence electrons. The van der Waals surface area contributed by atoms with E-state index in [0.29, 0.717) is 22.0 Å². The number of hydrogen-bond donors (Lipinski definition) is 3. The molecule has 4 rings (SSSR count). The predicted octanol–water partition coefficient (Wildman–Crippen LogP) is 4.32. The SMILES string of the molecule is COc1ccc(N(C(=O)c2snc(C(N)=O)c2N)[C@@H](C(=O)NC2CCCCC2)c2ccc(Cl)cc2)cc1. The number of aromatic nitrogens is 1. The molecule has 0 unspecified atom stereocenters. The first-order valence-electron chi connectivity index (χ1n) is 11.9. The lowest BCUT2D eigenvalue weighted by atomic mass is 9.94. The van der Waals surface area contributed by atoms with Crippen molar-refractivity contribution in [3.63, 3.8) is 0 Å². The largest absolute Gasteiger partial charge is 0.497 e. The standard InChI is InChI=1S/C26H28ClN5O4S/c1-36-19-13-11-18(12-14-19)32(26(35)23-20(28)21(24(29)33)31-37-23)22(15-7-9-16(27)10-8-15)25(34)30-17-5-3-2-4-6-17/h7-14,17,22H,2-6,28H2,1H3,(H2,29,33)(H,30,34)/t22-/m1/s1. The zero-order valence-electron chi connectivity index (χ0n) is 20.3. The number of nitrogens with two attached hydrogens (primary N) is 2. The van der Waals surface area contributed by atoms with E-state index in [-0.39, 0.29) is 28.2 Å². The molecule has 3 aromatic rings. The first-order valence-corrected chi connectivity index (χ1v) is 13.0. The molecule has 1 aliphatic rings. The van der Waals surface area contributed by atoms with Crippen LogP contribution in [0.1, 0.15) is 63.9 Å². The number of ether oxygens (including phenoxy) is 1. The molecule has 0 bridgehead atoms. The Labute approximate surface area is 223 Å². The van der Waals surface area contributed by atoms with E-state index in [0.717, 1.165) is 43.6 Å². The topological polar surface area (TPSA) is 141 Å². The molecule has 5 N–H and O–H groups in total.